The second-order valence-electron chi connectivity index (χ2n) is 6.28. The highest BCUT2D eigenvalue weighted by Gasteiger charge is 2.45. The third-order valence-corrected chi connectivity index (χ3v) is 5.63. The van der Waals surface area contributed by atoms with Gasteiger partial charge in [0.05, 0.1) is 5.54 Å². The summed E-state index contributed by atoms with van der Waals surface area (Å²) in [5, 5.41) is 7.36. The molecule has 0 saturated heterocycles. The van der Waals surface area contributed by atoms with E-state index in [1.54, 1.807) is 0 Å². The monoisotopic (exact) mass is 284 g/mol. The van der Waals surface area contributed by atoms with Crippen molar-refractivity contribution in [1.82, 2.24) is 10.3 Å². The van der Waals surface area contributed by atoms with Crippen LogP contribution in [0.25, 0.3) is 0 Å². The summed E-state index contributed by atoms with van der Waals surface area (Å²) in [5.41, 5.74) is 5.43. The number of thiazole rings is 1. The van der Waals surface area contributed by atoms with E-state index in [-0.39, 0.29) is 5.54 Å². The number of nitrogens with zero attached hydrogens (tertiary/aromatic N) is 1. The standard InChI is InChI=1S/C17H20N2S/c1-11-3-4-13-7-8-17(15(13)9-11,19-14-5-6-14)16-18-12(2)10-20-16/h3-4,9-10,14,19H,5-8H2,1-2H3. The van der Waals surface area contributed by atoms with Gasteiger partial charge in [0.1, 0.15) is 5.01 Å². The molecular weight excluding hydrogens is 264 g/mol. The molecule has 2 nitrogen and oxygen atoms in total. The summed E-state index contributed by atoms with van der Waals surface area (Å²) in [6, 6.07) is 7.60. The third kappa shape index (κ3) is 1.92. The molecule has 1 atom stereocenters. The molecule has 2 aliphatic rings. The molecule has 0 aliphatic heterocycles. The van der Waals surface area contributed by atoms with Gasteiger partial charge in [0.2, 0.25) is 0 Å². The number of fused-ring (bicyclic) bond motifs is 1. The lowest BCUT2D eigenvalue weighted by atomic mass is 9.91. The quantitative estimate of drug-likeness (QED) is 0.929. The third-order valence-electron chi connectivity index (χ3n) is 4.51. The van der Waals surface area contributed by atoms with Gasteiger partial charge in [-0.15, -0.1) is 11.3 Å². The van der Waals surface area contributed by atoms with Crippen molar-refractivity contribution in [2.24, 2.45) is 0 Å². The van der Waals surface area contributed by atoms with Crippen LogP contribution in [-0.2, 0) is 12.0 Å². The Morgan fingerprint density at radius 2 is 2.15 bits per heavy atom. The normalized spacial score (nSPS) is 24.9. The highest BCUT2D eigenvalue weighted by molar-refractivity contribution is 7.09. The Kier molecular flexibility index (Phi) is 2.76. The van der Waals surface area contributed by atoms with Gasteiger partial charge in [0.15, 0.2) is 0 Å². The fourth-order valence-corrected chi connectivity index (χ4v) is 4.33. The predicted molar refractivity (Wildman–Crippen MR) is 83.3 cm³/mol. The van der Waals surface area contributed by atoms with Gasteiger partial charge in [-0.05, 0) is 50.7 Å². The molecule has 4 rings (SSSR count). The smallest absolute Gasteiger partial charge is 0.118 e. The first-order valence-corrected chi connectivity index (χ1v) is 8.36. The van der Waals surface area contributed by atoms with Gasteiger partial charge in [-0.3, -0.25) is 5.32 Å². The molecular formula is C17H20N2S. The number of aromatic nitrogens is 1. The first-order chi connectivity index (χ1) is 9.67. The van der Waals surface area contributed by atoms with Crippen LogP contribution in [0.15, 0.2) is 23.6 Å². The second kappa shape index (κ2) is 4.40. The summed E-state index contributed by atoms with van der Waals surface area (Å²) < 4.78 is 0. The number of hydrogen-bond donors (Lipinski definition) is 1. The van der Waals surface area contributed by atoms with Crippen LogP contribution >= 0.6 is 11.3 Å². The van der Waals surface area contributed by atoms with Crippen molar-refractivity contribution in [3.8, 4) is 0 Å². The van der Waals surface area contributed by atoms with E-state index in [4.69, 9.17) is 4.98 Å². The maximum atomic E-state index is 4.83. The highest BCUT2D eigenvalue weighted by Crippen LogP contribution is 2.45. The van der Waals surface area contributed by atoms with E-state index in [1.807, 2.05) is 11.3 Å². The molecule has 2 aromatic rings. The first-order valence-electron chi connectivity index (χ1n) is 7.48. The van der Waals surface area contributed by atoms with Crippen molar-refractivity contribution in [1.29, 1.82) is 0 Å². The molecule has 0 bridgehead atoms. The minimum Gasteiger partial charge on any atom is -0.299 e. The molecule has 0 amide bonds. The van der Waals surface area contributed by atoms with E-state index >= 15 is 0 Å². The number of rotatable bonds is 3. The lowest BCUT2D eigenvalue weighted by Gasteiger charge is -2.30. The lowest BCUT2D eigenvalue weighted by molar-refractivity contribution is 0.392. The van der Waals surface area contributed by atoms with E-state index in [0.29, 0.717) is 6.04 Å². The molecule has 104 valence electrons. The van der Waals surface area contributed by atoms with Crippen LogP contribution in [0.4, 0.5) is 0 Å². The zero-order valence-electron chi connectivity index (χ0n) is 12.1. The number of aryl methyl sites for hydroxylation is 3. The summed E-state index contributed by atoms with van der Waals surface area (Å²) >= 11 is 1.81. The molecule has 0 radical (unpaired) electrons. The Balaban J connectivity index is 1.87. The van der Waals surface area contributed by atoms with Gasteiger partial charge in [-0.25, -0.2) is 4.98 Å². The maximum Gasteiger partial charge on any atom is 0.118 e. The van der Waals surface area contributed by atoms with Gasteiger partial charge < -0.3 is 0 Å². The van der Waals surface area contributed by atoms with Crippen molar-refractivity contribution in [3.05, 3.63) is 51.0 Å². The van der Waals surface area contributed by atoms with E-state index in [9.17, 15) is 0 Å². The maximum absolute atomic E-state index is 4.83. The molecule has 1 aromatic heterocycles. The zero-order chi connectivity index (χ0) is 13.7. The van der Waals surface area contributed by atoms with Crippen molar-refractivity contribution in [3.63, 3.8) is 0 Å². The van der Waals surface area contributed by atoms with E-state index < -0.39 is 0 Å². The van der Waals surface area contributed by atoms with Gasteiger partial charge in [0, 0.05) is 17.1 Å². The number of hydrogen-bond acceptors (Lipinski definition) is 3. The highest BCUT2D eigenvalue weighted by atomic mass is 32.1. The van der Waals surface area contributed by atoms with Gasteiger partial charge >= 0.3 is 0 Å². The molecule has 1 N–H and O–H groups in total. The van der Waals surface area contributed by atoms with Crippen LogP contribution in [-0.4, -0.2) is 11.0 Å². The van der Waals surface area contributed by atoms with Gasteiger partial charge in [-0.2, -0.15) is 0 Å². The Labute approximate surface area is 124 Å². The predicted octanol–water partition coefficient (Wildman–Crippen LogP) is 3.70. The minimum atomic E-state index is -0.0263. The van der Waals surface area contributed by atoms with E-state index in [1.165, 1.54) is 34.5 Å². The first kappa shape index (κ1) is 12.5. The SMILES string of the molecule is Cc1ccc2c(c1)C(NC1CC1)(c1nc(C)cs1)CC2. The summed E-state index contributed by atoms with van der Waals surface area (Å²) in [5.74, 6) is 0. The molecule has 1 aromatic carbocycles. The van der Waals surface area contributed by atoms with E-state index in [0.717, 1.165) is 18.5 Å². The lowest BCUT2D eigenvalue weighted by Crippen LogP contribution is -2.43. The van der Waals surface area contributed by atoms with E-state index in [2.05, 4.69) is 42.7 Å². The van der Waals surface area contributed by atoms with Crippen molar-refractivity contribution >= 4 is 11.3 Å². The Hall–Kier alpha value is -1.19. The van der Waals surface area contributed by atoms with Crippen LogP contribution in [0.1, 0.15) is 46.7 Å². The minimum absolute atomic E-state index is 0.0263. The topological polar surface area (TPSA) is 24.9 Å². The molecule has 1 unspecified atom stereocenters. The second-order valence-corrected chi connectivity index (χ2v) is 7.14. The largest absolute Gasteiger partial charge is 0.299 e. The summed E-state index contributed by atoms with van der Waals surface area (Å²) in [6.07, 6.45) is 4.93. The van der Waals surface area contributed by atoms with Crippen LogP contribution in [0.5, 0.6) is 0 Å². The van der Waals surface area contributed by atoms with Crippen molar-refractivity contribution in [2.45, 2.75) is 51.1 Å². The average Bonchev–Trinajstić information content (AvgIpc) is 3.02. The molecule has 0 spiro atoms. The molecule has 2 aliphatic carbocycles. The summed E-state index contributed by atoms with van der Waals surface area (Å²) in [7, 11) is 0. The molecule has 1 saturated carbocycles. The Morgan fingerprint density at radius 1 is 1.30 bits per heavy atom. The zero-order valence-corrected chi connectivity index (χ0v) is 12.9. The van der Waals surface area contributed by atoms with Gasteiger partial charge in [0.25, 0.3) is 0 Å². The van der Waals surface area contributed by atoms with Crippen LogP contribution < -0.4 is 5.32 Å². The van der Waals surface area contributed by atoms with Crippen molar-refractivity contribution < 1.29 is 0 Å². The molecule has 20 heavy (non-hydrogen) atoms. The Morgan fingerprint density at radius 3 is 2.85 bits per heavy atom. The number of nitrogens with one attached hydrogen (secondary N) is 1. The van der Waals surface area contributed by atoms with Crippen LogP contribution in [0, 0.1) is 13.8 Å². The molecule has 3 heteroatoms. The molecule has 1 heterocycles. The van der Waals surface area contributed by atoms with Crippen molar-refractivity contribution in [2.75, 3.05) is 0 Å². The number of benzene rings is 1. The summed E-state index contributed by atoms with van der Waals surface area (Å²) in [4.78, 5) is 4.83. The fourth-order valence-electron chi connectivity index (χ4n) is 3.32. The van der Waals surface area contributed by atoms with Gasteiger partial charge in [-0.1, -0.05) is 23.8 Å². The Bertz CT molecular complexity index is 657. The van der Waals surface area contributed by atoms with Crippen LogP contribution in [0.3, 0.4) is 0 Å². The summed E-state index contributed by atoms with van der Waals surface area (Å²) in [6.45, 7) is 4.28. The molecule has 1 fully saturated rings. The van der Waals surface area contributed by atoms with Crippen LogP contribution in [0.2, 0.25) is 0 Å². The average molecular weight is 284 g/mol. The fraction of sp³-hybridized carbons (Fsp3) is 0.471.